The molecule has 1 atom stereocenters. The lowest BCUT2D eigenvalue weighted by Crippen LogP contribution is -2.24. The lowest BCUT2D eigenvalue weighted by molar-refractivity contribution is -0.130. The molecule has 1 aliphatic rings. The average Bonchev–Trinajstić information content (AvgIpc) is 3.07. The van der Waals surface area contributed by atoms with Gasteiger partial charge < -0.3 is 9.47 Å². The van der Waals surface area contributed by atoms with Crippen LogP contribution in [0, 0.1) is 0 Å². The molecule has 0 N–H and O–H groups in total. The highest BCUT2D eigenvalue weighted by Gasteiger charge is 2.33. The van der Waals surface area contributed by atoms with Crippen LogP contribution < -0.4 is 9.47 Å². The van der Waals surface area contributed by atoms with Crippen molar-refractivity contribution in [1.29, 1.82) is 0 Å². The Morgan fingerprint density at radius 2 is 1.92 bits per heavy atom. The largest absolute Gasteiger partial charge is 0.497 e. The minimum atomic E-state index is -0.167. The standard InChI is InChI=1S/C19H20N2O3/c1-13(22)21-18(16-9-4-5-10-19(16)24-3)12-17(20-21)14-7-6-8-15(11-14)23-2/h4-11,18H,12H2,1-3H3/t18-/m0/s1. The summed E-state index contributed by atoms with van der Waals surface area (Å²) in [4.78, 5) is 12.1. The maximum Gasteiger partial charge on any atom is 0.240 e. The van der Waals surface area contributed by atoms with E-state index in [-0.39, 0.29) is 11.9 Å². The molecule has 124 valence electrons. The van der Waals surface area contributed by atoms with Gasteiger partial charge in [0.25, 0.3) is 0 Å². The van der Waals surface area contributed by atoms with Gasteiger partial charge in [0, 0.05) is 24.5 Å². The van der Waals surface area contributed by atoms with Gasteiger partial charge in [-0.1, -0.05) is 30.3 Å². The van der Waals surface area contributed by atoms with Crippen LogP contribution in [0.4, 0.5) is 0 Å². The summed E-state index contributed by atoms with van der Waals surface area (Å²) in [5.41, 5.74) is 2.77. The zero-order valence-electron chi connectivity index (χ0n) is 14.0. The fourth-order valence-corrected chi connectivity index (χ4v) is 2.96. The first kappa shape index (κ1) is 16.1. The molecular formula is C19H20N2O3. The maximum absolute atomic E-state index is 12.1. The van der Waals surface area contributed by atoms with E-state index >= 15 is 0 Å². The van der Waals surface area contributed by atoms with E-state index in [1.807, 2.05) is 48.5 Å². The van der Waals surface area contributed by atoms with Crippen molar-refractivity contribution in [2.24, 2.45) is 5.10 Å². The Morgan fingerprint density at radius 3 is 2.62 bits per heavy atom. The first-order valence-electron chi connectivity index (χ1n) is 7.78. The number of benzene rings is 2. The lowest BCUT2D eigenvalue weighted by atomic mass is 9.97. The molecule has 1 heterocycles. The monoisotopic (exact) mass is 324 g/mol. The molecule has 0 fully saturated rings. The lowest BCUT2D eigenvalue weighted by Gasteiger charge is -2.22. The molecule has 0 saturated heterocycles. The van der Waals surface area contributed by atoms with Crippen LogP contribution in [-0.4, -0.2) is 30.8 Å². The number of hydrogen-bond donors (Lipinski definition) is 0. The summed E-state index contributed by atoms with van der Waals surface area (Å²) in [6, 6.07) is 15.3. The van der Waals surface area contributed by atoms with Gasteiger partial charge in [0.15, 0.2) is 0 Å². The van der Waals surface area contributed by atoms with Crippen molar-refractivity contribution >= 4 is 11.6 Å². The van der Waals surface area contributed by atoms with Crippen molar-refractivity contribution in [3.05, 3.63) is 59.7 Å². The van der Waals surface area contributed by atoms with Crippen LogP contribution in [0.25, 0.3) is 0 Å². The molecule has 5 nitrogen and oxygen atoms in total. The van der Waals surface area contributed by atoms with Crippen LogP contribution in [0.1, 0.15) is 30.5 Å². The zero-order chi connectivity index (χ0) is 17.1. The van der Waals surface area contributed by atoms with Gasteiger partial charge in [-0.05, 0) is 18.2 Å². The molecule has 2 aromatic carbocycles. The molecule has 24 heavy (non-hydrogen) atoms. The fraction of sp³-hybridized carbons (Fsp3) is 0.263. The summed E-state index contributed by atoms with van der Waals surface area (Å²) < 4.78 is 10.7. The van der Waals surface area contributed by atoms with Gasteiger partial charge in [-0.3, -0.25) is 4.79 Å². The van der Waals surface area contributed by atoms with Gasteiger partial charge in [-0.2, -0.15) is 5.10 Å². The SMILES string of the molecule is COc1cccc(C2=NN(C(C)=O)[C@H](c3ccccc3OC)C2)c1. The quantitative estimate of drug-likeness (QED) is 0.866. The Hall–Kier alpha value is -2.82. The average molecular weight is 324 g/mol. The number of ether oxygens (including phenoxy) is 2. The van der Waals surface area contributed by atoms with Crippen molar-refractivity contribution in [3.63, 3.8) is 0 Å². The smallest absolute Gasteiger partial charge is 0.240 e. The van der Waals surface area contributed by atoms with E-state index in [4.69, 9.17) is 9.47 Å². The molecule has 0 aliphatic carbocycles. The van der Waals surface area contributed by atoms with Crippen LogP contribution in [0.5, 0.6) is 11.5 Å². The number of carbonyl (C=O) groups is 1. The van der Waals surface area contributed by atoms with Crippen LogP contribution in [0.3, 0.4) is 0 Å². The van der Waals surface area contributed by atoms with Crippen molar-refractivity contribution < 1.29 is 14.3 Å². The second-order valence-electron chi connectivity index (χ2n) is 5.60. The van der Waals surface area contributed by atoms with Crippen LogP contribution in [-0.2, 0) is 4.79 Å². The molecule has 0 radical (unpaired) electrons. The van der Waals surface area contributed by atoms with E-state index in [1.54, 1.807) is 14.2 Å². The van der Waals surface area contributed by atoms with E-state index in [0.29, 0.717) is 6.42 Å². The molecule has 0 saturated carbocycles. The zero-order valence-corrected chi connectivity index (χ0v) is 14.0. The topological polar surface area (TPSA) is 51.1 Å². The second kappa shape index (κ2) is 6.74. The van der Waals surface area contributed by atoms with Gasteiger partial charge in [0.05, 0.1) is 26.0 Å². The number of methoxy groups -OCH3 is 2. The van der Waals surface area contributed by atoms with Crippen molar-refractivity contribution in [2.75, 3.05) is 14.2 Å². The Labute approximate surface area is 141 Å². The van der Waals surface area contributed by atoms with Gasteiger partial charge >= 0.3 is 0 Å². The predicted molar refractivity (Wildman–Crippen MR) is 92.4 cm³/mol. The summed E-state index contributed by atoms with van der Waals surface area (Å²) in [6.45, 7) is 1.53. The molecular weight excluding hydrogens is 304 g/mol. The molecule has 3 rings (SSSR count). The molecule has 1 aliphatic heterocycles. The van der Waals surface area contributed by atoms with E-state index in [1.165, 1.54) is 11.9 Å². The molecule has 0 spiro atoms. The summed E-state index contributed by atoms with van der Waals surface area (Å²) >= 11 is 0. The number of para-hydroxylation sites is 1. The number of hydrogen-bond acceptors (Lipinski definition) is 4. The minimum absolute atomic E-state index is 0.0937. The van der Waals surface area contributed by atoms with Crippen molar-refractivity contribution in [2.45, 2.75) is 19.4 Å². The first-order valence-corrected chi connectivity index (χ1v) is 7.78. The predicted octanol–water partition coefficient (Wildman–Crippen LogP) is 3.40. The summed E-state index contributed by atoms with van der Waals surface area (Å²) in [6.07, 6.45) is 0.632. The third-order valence-corrected chi connectivity index (χ3v) is 4.13. The molecule has 0 aromatic heterocycles. The summed E-state index contributed by atoms with van der Waals surface area (Å²) in [7, 11) is 3.27. The Balaban J connectivity index is 1.98. The number of hydrazone groups is 1. The molecule has 0 unspecified atom stereocenters. The Bertz CT molecular complexity index is 786. The van der Waals surface area contributed by atoms with Crippen LogP contribution in [0.2, 0.25) is 0 Å². The molecule has 1 amide bonds. The highest BCUT2D eigenvalue weighted by Crippen LogP contribution is 2.37. The van der Waals surface area contributed by atoms with E-state index < -0.39 is 0 Å². The number of amides is 1. The van der Waals surface area contributed by atoms with E-state index in [0.717, 1.165) is 28.3 Å². The van der Waals surface area contributed by atoms with Gasteiger partial charge in [0.2, 0.25) is 5.91 Å². The van der Waals surface area contributed by atoms with Gasteiger partial charge in [-0.25, -0.2) is 5.01 Å². The maximum atomic E-state index is 12.1. The van der Waals surface area contributed by atoms with Crippen molar-refractivity contribution in [1.82, 2.24) is 5.01 Å². The minimum Gasteiger partial charge on any atom is -0.497 e. The number of nitrogens with zero attached hydrogens (tertiary/aromatic N) is 2. The Kier molecular flexibility index (Phi) is 4.51. The van der Waals surface area contributed by atoms with Crippen molar-refractivity contribution in [3.8, 4) is 11.5 Å². The number of rotatable bonds is 4. The normalized spacial score (nSPS) is 16.7. The third-order valence-electron chi connectivity index (χ3n) is 4.13. The third kappa shape index (κ3) is 2.97. The van der Waals surface area contributed by atoms with Crippen LogP contribution >= 0.6 is 0 Å². The summed E-state index contributed by atoms with van der Waals surface area (Å²) in [5, 5.41) is 6.09. The first-order chi connectivity index (χ1) is 11.6. The number of carbonyl (C=O) groups excluding carboxylic acids is 1. The Morgan fingerprint density at radius 1 is 1.12 bits per heavy atom. The van der Waals surface area contributed by atoms with E-state index in [9.17, 15) is 4.79 Å². The van der Waals surface area contributed by atoms with Crippen LogP contribution in [0.15, 0.2) is 53.6 Å². The van der Waals surface area contributed by atoms with Gasteiger partial charge in [-0.15, -0.1) is 0 Å². The fourth-order valence-electron chi connectivity index (χ4n) is 2.96. The molecule has 5 heteroatoms. The molecule has 0 bridgehead atoms. The van der Waals surface area contributed by atoms with Gasteiger partial charge in [0.1, 0.15) is 11.5 Å². The highest BCUT2D eigenvalue weighted by atomic mass is 16.5. The van der Waals surface area contributed by atoms with E-state index in [2.05, 4.69) is 5.10 Å². The summed E-state index contributed by atoms with van der Waals surface area (Å²) in [5.74, 6) is 1.44. The second-order valence-corrected chi connectivity index (χ2v) is 5.60. The highest BCUT2D eigenvalue weighted by molar-refractivity contribution is 6.03. The molecule has 2 aromatic rings.